The summed E-state index contributed by atoms with van der Waals surface area (Å²) in [5.74, 6) is 0. The van der Waals surface area contributed by atoms with Crippen LogP contribution in [0.4, 0.5) is 0 Å². The summed E-state index contributed by atoms with van der Waals surface area (Å²) >= 11 is 0. The summed E-state index contributed by atoms with van der Waals surface area (Å²) in [6.07, 6.45) is -3.40. The van der Waals surface area contributed by atoms with Gasteiger partial charge in [-0.1, -0.05) is 0 Å². The quantitative estimate of drug-likeness (QED) is 0.289. The van der Waals surface area contributed by atoms with Crippen LogP contribution in [0.3, 0.4) is 0 Å². The summed E-state index contributed by atoms with van der Waals surface area (Å²) in [6.45, 7) is 5.27. The largest absolute Gasteiger partial charge is 0.633 e. The van der Waals surface area contributed by atoms with Gasteiger partial charge in [-0.2, -0.15) is 0 Å². The first-order valence-electron chi connectivity index (χ1n) is 7.74. The van der Waals surface area contributed by atoms with Crippen molar-refractivity contribution in [3.05, 3.63) is 10.4 Å². The van der Waals surface area contributed by atoms with Crippen molar-refractivity contribution in [1.82, 2.24) is 0 Å². The first-order chi connectivity index (χ1) is 9.87. The Hall–Kier alpha value is -0.320. The molecule has 4 atom stereocenters. The highest BCUT2D eigenvalue weighted by Gasteiger charge is 2.28. The maximum atomic E-state index is 12.7. The van der Waals surface area contributed by atoms with Crippen LogP contribution in [0.1, 0.15) is 27.7 Å². The third kappa shape index (κ3) is 9.65. The molecule has 0 fully saturated rings. The molecule has 4 unspecified atom stereocenters. The molecule has 0 aromatic carbocycles. The average Bonchev–Trinajstić information content (AvgIpc) is 2.21. The van der Waals surface area contributed by atoms with Crippen LogP contribution in [0.15, 0.2) is 0 Å². The van der Waals surface area contributed by atoms with Gasteiger partial charge in [0.15, 0.2) is 0 Å². The Balaban J connectivity index is 4.93. The van der Waals surface area contributed by atoms with Crippen LogP contribution in [-0.4, -0.2) is 93.4 Å². The Morgan fingerprint density at radius 2 is 0.773 bits per heavy atom. The topological polar surface area (TPSA) is 127 Å². The zero-order valence-electron chi connectivity index (χ0n) is 14.1. The second-order valence-corrected chi connectivity index (χ2v) is 6.69. The fourth-order valence-corrected chi connectivity index (χ4v) is 2.80. The van der Waals surface area contributed by atoms with Gasteiger partial charge in [0.05, 0.1) is 0 Å². The minimum atomic E-state index is -0.878. The third-order valence-corrected chi connectivity index (χ3v) is 3.30. The molecule has 0 bridgehead atoms. The summed E-state index contributed by atoms with van der Waals surface area (Å²) in [5, 5.41) is 63.2. The van der Waals surface area contributed by atoms with E-state index in [1.807, 2.05) is 0 Å². The second kappa shape index (κ2) is 9.09. The van der Waals surface area contributed by atoms with Crippen LogP contribution in [0, 0.1) is 10.4 Å². The lowest BCUT2D eigenvalue weighted by Crippen LogP contribution is -2.59. The zero-order chi connectivity index (χ0) is 17.6. The molecule has 0 aliphatic carbocycles. The van der Waals surface area contributed by atoms with Crippen molar-refractivity contribution in [3.63, 3.8) is 0 Å². The van der Waals surface area contributed by atoms with Gasteiger partial charge in [-0.25, -0.2) is 0 Å². The van der Waals surface area contributed by atoms with E-state index in [0.717, 1.165) is 0 Å². The van der Waals surface area contributed by atoms with Crippen LogP contribution >= 0.6 is 0 Å². The number of hydrogen-bond donors (Lipinski definition) is 4. The van der Waals surface area contributed by atoms with E-state index < -0.39 is 33.7 Å². The van der Waals surface area contributed by atoms with E-state index in [0.29, 0.717) is 0 Å². The predicted molar refractivity (Wildman–Crippen MR) is 83.2 cm³/mol. The minimum Gasteiger partial charge on any atom is -0.633 e. The Bertz CT molecular complexity index is 260. The molecule has 22 heavy (non-hydrogen) atoms. The Kier molecular flexibility index (Phi) is 8.96. The molecule has 8 nitrogen and oxygen atoms in total. The summed E-state index contributed by atoms with van der Waals surface area (Å²) in [6, 6.07) is 0. The zero-order valence-corrected chi connectivity index (χ0v) is 14.1. The van der Waals surface area contributed by atoms with E-state index in [2.05, 4.69) is 0 Å². The van der Waals surface area contributed by atoms with Crippen molar-refractivity contribution < 1.29 is 29.7 Å². The number of hydroxylamine groups is 6. The lowest BCUT2D eigenvalue weighted by Gasteiger charge is -2.49. The van der Waals surface area contributed by atoms with E-state index in [9.17, 15) is 30.8 Å². The molecule has 0 rings (SSSR count). The van der Waals surface area contributed by atoms with E-state index >= 15 is 0 Å². The van der Waals surface area contributed by atoms with E-state index in [4.69, 9.17) is 0 Å². The molecular formula is C14H32N2O6. The molecule has 134 valence electrons. The van der Waals surface area contributed by atoms with Gasteiger partial charge in [0.25, 0.3) is 0 Å². The van der Waals surface area contributed by atoms with Crippen LogP contribution in [0.25, 0.3) is 0 Å². The third-order valence-electron chi connectivity index (χ3n) is 3.30. The average molecular weight is 324 g/mol. The van der Waals surface area contributed by atoms with Crippen molar-refractivity contribution >= 4 is 0 Å². The molecule has 0 aromatic rings. The molecule has 0 aliphatic heterocycles. The number of hydrogen-bond acceptors (Lipinski definition) is 6. The summed E-state index contributed by atoms with van der Waals surface area (Å²) in [4.78, 5) is 0. The fraction of sp³-hybridized carbons (Fsp3) is 1.00. The minimum absolute atomic E-state index is 0.0985. The number of rotatable bonds is 11. The van der Waals surface area contributed by atoms with E-state index in [1.54, 1.807) is 0 Å². The summed E-state index contributed by atoms with van der Waals surface area (Å²) in [7, 11) is 0. The Labute approximate surface area is 132 Å². The molecule has 4 N–H and O–H groups in total. The normalized spacial score (nSPS) is 23.2. The molecule has 0 aliphatic rings. The van der Waals surface area contributed by atoms with E-state index in [1.165, 1.54) is 27.7 Å². The van der Waals surface area contributed by atoms with Crippen molar-refractivity contribution in [1.29, 1.82) is 0 Å². The van der Waals surface area contributed by atoms with Gasteiger partial charge in [0.1, 0.15) is 63.7 Å². The summed E-state index contributed by atoms with van der Waals surface area (Å²) in [5.41, 5.74) is 0. The second-order valence-electron chi connectivity index (χ2n) is 6.69. The van der Waals surface area contributed by atoms with Crippen LogP contribution in [0.2, 0.25) is 0 Å². The van der Waals surface area contributed by atoms with Gasteiger partial charge in [-0.05, 0) is 27.7 Å². The predicted octanol–water partition coefficient (Wildman–Crippen LogP) is -0.861. The van der Waals surface area contributed by atoms with Crippen LogP contribution < -0.4 is 0 Å². The smallest absolute Gasteiger partial charge is 0.129 e. The fourth-order valence-electron chi connectivity index (χ4n) is 2.80. The Morgan fingerprint density at radius 3 is 0.909 bits per heavy atom. The molecule has 0 radical (unpaired) electrons. The maximum absolute atomic E-state index is 12.7. The molecule has 0 aromatic heterocycles. The maximum Gasteiger partial charge on any atom is 0.129 e. The van der Waals surface area contributed by atoms with Gasteiger partial charge < -0.3 is 40.1 Å². The van der Waals surface area contributed by atoms with Crippen molar-refractivity contribution in [2.24, 2.45) is 0 Å². The Morgan fingerprint density at radius 1 is 0.591 bits per heavy atom. The highest BCUT2D eigenvalue weighted by atomic mass is 16.6. The van der Waals surface area contributed by atoms with Crippen molar-refractivity contribution in [3.8, 4) is 0 Å². The molecule has 8 heteroatoms. The molecule has 0 saturated carbocycles. The SMILES string of the molecule is CC(O)C[N+]([O-])(CC[N+]([O-])(CC(C)O)CC(C)O)CC(C)O. The first-order valence-corrected chi connectivity index (χ1v) is 7.74. The van der Waals surface area contributed by atoms with Crippen LogP contribution in [-0.2, 0) is 0 Å². The number of aliphatic hydroxyl groups is 4. The van der Waals surface area contributed by atoms with Crippen molar-refractivity contribution in [2.75, 3.05) is 39.3 Å². The lowest BCUT2D eigenvalue weighted by atomic mass is 10.2. The number of quaternary nitrogens is 2. The van der Waals surface area contributed by atoms with Crippen LogP contribution in [0.5, 0.6) is 0 Å². The van der Waals surface area contributed by atoms with Crippen molar-refractivity contribution in [2.45, 2.75) is 52.1 Å². The molecule has 0 spiro atoms. The number of nitrogens with zero attached hydrogens (tertiary/aromatic N) is 2. The van der Waals surface area contributed by atoms with Gasteiger partial charge in [0, 0.05) is 0 Å². The van der Waals surface area contributed by atoms with Gasteiger partial charge in [0.2, 0.25) is 0 Å². The highest BCUT2D eigenvalue weighted by Crippen LogP contribution is 2.14. The lowest BCUT2D eigenvalue weighted by molar-refractivity contribution is -0.941. The van der Waals surface area contributed by atoms with Gasteiger partial charge in [-0.15, -0.1) is 0 Å². The molecule has 0 heterocycles. The standard InChI is InChI=1S/C14H32N2O6/c1-11(17)7-15(21,8-12(2)18)5-6-16(22,9-13(3)19)10-14(4)20/h11-14,17-20H,5-10H2,1-4H3. The molecule has 0 amide bonds. The molecular weight excluding hydrogens is 292 g/mol. The highest BCUT2D eigenvalue weighted by molar-refractivity contribution is 4.58. The first kappa shape index (κ1) is 21.7. The molecule has 0 saturated heterocycles. The van der Waals surface area contributed by atoms with Gasteiger partial charge in [-0.3, -0.25) is 0 Å². The monoisotopic (exact) mass is 324 g/mol. The van der Waals surface area contributed by atoms with Gasteiger partial charge >= 0.3 is 0 Å². The summed E-state index contributed by atoms with van der Waals surface area (Å²) < 4.78 is -1.76. The van der Waals surface area contributed by atoms with E-state index in [-0.39, 0.29) is 39.3 Å². The number of aliphatic hydroxyl groups excluding tert-OH is 4.